The monoisotopic (exact) mass is 435 g/mol. The fraction of sp³-hybridized carbons (Fsp3) is 0.207. The summed E-state index contributed by atoms with van der Waals surface area (Å²) in [6, 6.07) is 31.1. The molecular formula is C29H29N3O. The van der Waals surface area contributed by atoms with E-state index in [1.54, 1.807) is 0 Å². The van der Waals surface area contributed by atoms with E-state index < -0.39 is 0 Å². The molecule has 1 fully saturated rings. The highest BCUT2D eigenvalue weighted by Crippen LogP contribution is 2.30. The molecule has 0 radical (unpaired) electrons. The lowest BCUT2D eigenvalue weighted by atomic mass is 10.1. The third-order valence-corrected chi connectivity index (χ3v) is 6.58. The molecule has 5 rings (SSSR count). The smallest absolute Gasteiger partial charge is 0.255 e. The quantitative estimate of drug-likeness (QED) is 0.410. The number of carbonyl (C=O) groups is 1. The van der Waals surface area contributed by atoms with Crippen molar-refractivity contribution in [1.29, 1.82) is 0 Å². The maximum Gasteiger partial charge on any atom is 0.255 e. The summed E-state index contributed by atoms with van der Waals surface area (Å²) in [6.07, 6.45) is 0. The Morgan fingerprint density at radius 2 is 1.33 bits per heavy atom. The van der Waals surface area contributed by atoms with Crippen molar-refractivity contribution in [2.45, 2.75) is 13.8 Å². The van der Waals surface area contributed by atoms with Gasteiger partial charge in [-0.1, -0.05) is 66.7 Å². The number of aryl methyl sites for hydroxylation is 1. The third kappa shape index (κ3) is 4.05. The predicted molar refractivity (Wildman–Crippen MR) is 135 cm³/mol. The van der Waals surface area contributed by atoms with Crippen molar-refractivity contribution in [3.05, 3.63) is 108 Å². The summed E-state index contributed by atoms with van der Waals surface area (Å²) >= 11 is 0. The van der Waals surface area contributed by atoms with Gasteiger partial charge in [-0.15, -0.1) is 0 Å². The highest BCUT2D eigenvalue weighted by molar-refractivity contribution is 5.97. The van der Waals surface area contributed by atoms with Crippen LogP contribution in [-0.4, -0.2) is 41.6 Å². The second-order valence-electron chi connectivity index (χ2n) is 8.63. The molecule has 0 atom stereocenters. The fourth-order valence-electron chi connectivity index (χ4n) is 4.79. The molecule has 1 aromatic heterocycles. The van der Waals surface area contributed by atoms with E-state index in [0.717, 1.165) is 54.4 Å². The maximum atomic E-state index is 13.7. The molecule has 1 amide bonds. The Bertz CT molecular complexity index is 1250. The Kier molecular flexibility index (Phi) is 5.74. The average Bonchev–Trinajstić information content (AvgIpc) is 3.22. The van der Waals surface area contributed by atoms with Gasteiger partial charge in [-0.2, -0.15) is 0 Å². The first-order valence-electron chi connectivity index (χ1n) is 11.6. The van der Waals surface area contributed by atoms with Gasteiger partial charge in [0.05, 0.1) is 11.3 Å². The Morgan fingerprint density at radius 1 is 0.727 bits per heavy atom. The van der Waals surface area contributed by atoms with E-state index in [-0.39, 0.29) is 5.91 Å². The zero-order chi connectivity index (χ0) is 22.8. The van der Waals surface area contributed by atoms with Gasteiger partial charge in [0.2, 0.25) is 0 Å². The van der Waals surface area contributed by atoms with Gasteiger partial charge in [0, 0.05) is 43.2 Å². The van der Waals surface area contributed by atoms with Crippen molar-refractivity contribution < 1.29 is 4.79 Å². The molecule has 0 spiro atoms. The number of piperazine rings is 1. The van der Waals surface area contributed by atoms with E-state index in [1.165, 1.54) is 11.3 Å². The van der Waals surface area contributed by atoms with Gasteiger partial charge in [-0.3, -0.25) is 4.79 Å². The summed E-state index contributed by atoms with van der Waals surface area (Å²) in [5.74, 6) is 0.115. The standard InChI is InChI=1S/C29H29N3O/c1-22-11-9-10-16-27(22)30-17-19-31(20-18-30)29(33)26-21-28(24-12-5-3-6-13-24)32(23(26)2)25-14-7-4-8-15-25/h3-16,21H,17-20H2,1-2H3. The summed E-state index contributed by atoms with van der Waals surface area (Å²) < 4.78 is 2.20. The largest absolute Gasteiger partial charge is 0.368 e. The van der Waals surface area contributed by atoms with Crippen LogP contribution in [0.5, 0.6) is 0 Å². The van der Waals surface area contributed by atoms with Gasteiger partial charge in [0.15, 0.2) is 0 Å². The molecule has 2 heterocycles. The van der Waals surface area contributed by atoms with Crippen molar-refractivity contribution in [3.8, 4) is 16.9 Å². The summed E-state index contributed by atoms with van der Waals surface area (Å²) in [7, 11) is 0. The number of benzene rings is 3. The Balaban J connectivity index is 1.44. The minimum Gasteiger partial charge on any atom is -0.368 e. The Hall–Kier alpha value is -3.79. The topological polar surface area (TPSA) is 28.5 Å². The Labute approximate surface area is 195 Å². The lowest BCUT2D eigenvalue weighted by molar-refractivity contribution is 0.0746. The molecule has 1 saturated heterocycles. The van der Waals surface area contributed by atoms with E-state index in [9.17, 15) is 4.79 Å². The van der Waals surface area contributed by atoms with Gasteiger partial charge in [0.25, 0.3) is 5.91 Å². The lowest BCUT2D eigenvalue weighted by Gasteiger charge is -2.36. The molecule has 166 valence electrons. The summed E-state index contributed by atoms with van der Waals surface area (Å²) in [5, 5.41) is 0. The molecule has 0 bridgehead atoms. The molecule has 3 aromatic carbocycles. The molecule has 4 aromatic rings. The number of rotatable bonds is 4. The van der Waals surface area contributed by atoms with Crippen LogP contribution in [0.25, 0.3) is 16.9 Å². The number of nitrogens with zero attached hydrogens (tertiary/aromatic N) is 3. The van der Waals surface area contributed by atoms with Gasteiger partial charge >= 0.3 is 0 Å². The first kappa shape index (κ1) is 21.1. The molecule has 0 saturated carbocycles. The van der Waals surface area contributed by atoms with E-state index in [2.05, 4.69) is 77.9 Å². The van der Waals surface area contributed by atoms with Crippen LogP contribution in [0.4, 0.5) is 5.69 Å². The van der Waals surface area contributed by atoms with Crippen LogP contribution in [-0.2, 0) is 0 Å². The molecule has 1 aliphatic heterocycles. The first-order valence-corrected chi connectivity index (χ1v) is 11.6. The molecule has 4 nitrogen and oxygen atoms in total. The van der Waals surface area contributed by atoms with Crippen LogP contribution in [0.3, 0.4) is 0 Å². The average molecular weight is 436 g/mol. The van der Waals surface area contributed by atoms with Crippen molar-refractivity contribution in [2.75, 3.05) is 31.1 Å². The number of amides is 1. The van der Waals surface area contributed by atoms with Gasteiger partial charge < -0.3 is 14.4 Å². The van der Waals surface area contributed by atoms with Gasteiger partial charge in [0.1, 0.15) is 0 Å². The molecule has 0 N–H and O–H groups in total. The highest BCUT2D eigenvalue weighted by atomic mass is 16.2. The number of aromatic nitrogens is 1. The van der Waals surface area contributed by atoms with Crippen LogP contribution < -0.4 is 4.90 Å². The molecule has 4 heteroatoms. The number of hydrogen-bond acceptors (Lipinski definition) is 2. The van der Waals surface area contributed by atoms with Gasteiger partial charge in [-0.05, 0) is 49.2 Å². The number of anilines is 1. The Morgan fingerprint density at radius 3 is 2.00 bits per heavy atom. The van der Waals surface area contributed by atoms with E-state index >= 15 is 0 Å². The fourth-order valence-corrected chi connectivity index (χ4v) is 4.79. The molecule has 0 aliphatic carbocycles. The maximum absolute atomic E-state index is 13.7. The number of para-hydroxylation sites is 2. The zero-order valence-electron chi connectivity index (χ0n) is 19.2. The summed E-state index contributed by atoms with van der Waals surface area (Å²) in [5.41, 5.74) is 7.52. The predicted octanol–water partition coefficient (Wildman–Crippen LogP) is 5.72. The van der Waals surface area contributed by atoms with Crippen molar-refractivity contribution in [1.82, 2.24) is 9.47 Å². The van der Waals surface area contributed by atoms with E-state index in [1.807, 2.05) is 41.3 Å². The molecule has 33 heavy (non-hydrogen) atoms. The van der Waals surface area contributed by atoms with Crippen molar-refractivity contribution >= 4 is 11.6 Å². The normalized spacial score (nSPS) is 13.9. The SMILES string of the molecule is Cc1ccccc1N1CCN(C(=O)c2cc(-c3ccccc3)n(-c3ccccc3)c2C)CC1. The number of hydrogen-bond donors (Lipinski definition) is 0. The van der Waals surface area contributed by atoms with Crippen LogP contribution in [0.2, 0.25) is 0 Å². The molecule has 1 aliphatic rings. The summed E-state index contributed by atoms with van der Waals surface area (Å²) in [6.45, 7) is 7.35. The minimum atomic E-state index is 0.115. The van der Waals surface area contributed by atoms with E-state index in [0.29, 0.717) is 0 Å². The first-order chi connectivity index (χ1) is 16.1. The second-order valence-corrected chi connectivity index (χ2v) is 8.63. The lowest BCUT2D eigenvalue weighted by Crippen LogP contribution is -2.49. The number of carbonyl (C=O) groups excluding carboxylic acids is 1. The van der Waals surface area contributed by atoms with Crippen molar-refractivity contribution in [3.63, 3.8) is 0 Å². The van der Waals surface area contributed by atoms with Crippen LogP contribution in [0.15, 0.2) is 91.0 Å². The van der Waals surface area contributed by atoms with Crippen molar-refractivity contribution in [2.24, 2.45) is 0 Å². The highest BCUT2D eigenvalue weighted by Gasteiger charge is 2.27. The molecule has 0 unspecified atom stereocenters. The van der Waals surface area contributed by atoms with Crippen LogP contribution >= 0.6 is 0 Å². The van der Waals surface area contributed by atoms with Gasteiger partial charge in [-0.25, -0.2) is 0 Å². The minimum absolute atomic E-state index is 0.115. The second kappa shape index (κ2) is 8.99. The zero-order valence-corrected chi connectivity index (χ0v) is 19.2. The van der Waals surface area contributed by atoms with Crippen LogP contribution in [0, 0.1) is 13.8 Å². The summed E-state index contributed by atoms with van der Waals surface area (Å²) in [4.78, 5) is 18.0. The third-order valence-electron chi connectivity index (χ3n) is 6.58. The molecular weight excluding hydrogens is 406 g/mol. The van der Waals surface area contributed by atoms with E-state index in [4.69, 9.17) is 0 Å². The van der Waals surface area contributed by atoms with Crippen LogP contribution in [0.1, 0.15) is 21.6 Å².